The summed E-state index contributed by atoms with van der Waals surface area (Å²) in [4.78, 5) is 7.16. The molecule has 3 heterocycles. The molecule has 0 amide bonds. The zero-order valence-corrected chi connectivity index (χ0v) is 69.1. The quantitative estimate of drug-likeness (QED) is 0.114. The molecule has 0 radical (unpaired) electrons. The monoisotopic (exact) mass is 1600 g/mol. The van der Waals surface area contributed by atoms with Crippen molar-refractivity contribution in [2.24, 2.45) is 0 Å². The van der Waals surface area contributed by atoms with E-state index in [9.17, 15) is 0 Å². The maximum atomic E-state index is 2.51. The van der Waals surface area contributed by atoms with Crippen LogP contribution in [-0.2, 0) is 10.8 Å². The summed E-state index contributed by atoms with van der Waals surface area (Å²) in [5.74, 6) is 0. The van der Waals surface area contributed by atoms with Crippen LogP contribution < -0.4 is 14.7 Å². The molecule has 20 aromatic carbocycles. The summed E-state index contributed by atoms with van der Waals surface area (Å²) < 4.78 is 2.51. The van der Waals surface area contributed by atoms with E-state index in [4.69, 9.17) is 0 Å². The molecule has 2 aliphatic heterocycles. The van der Waals surface area contributed by atoms with Crippen molar-refractivity contribution in [3.05, 3.63) is 542 Å². The number of fused-ring (bicyclic) bond motifs is 21. The van der Waals surface area contributed by atoms with Gasteiger partial charge in [-0.05, 0) is 249 Å². The van der Waals surface area contributed by atoms with Crippen LogP contribution in [0.1, 0.15) is 44.5 Å². The minimum Gasteiger partial charge on any atom is -0.311 e. The number of anilines is 9. The van der Waals surface area contributed by atoms with Gasteiger partial charge in [0.05, 0.1) is 38.9 Å². The first-order chi connectivity index (χ1) is 62.5. The largest absolute Gasteiger partial charge is 0.311 e. The van der Waals surface area contributed by atoms with Crippen LogP contribution in [-0.4, -0.2) is 4.57 Å². The Balaban J connectivity index is 0.000000141. The van der Waals surface area contributed by atoms with Crippen molar-refractivity contribution in [2.75, 3.05) is 14.7 Å². The van der Waals surface area contributed by atoms with E-state index in [1.54, 1.807) is 0 Å². The molecule has 4 aliphatic rings. The molecule has 0 fully saturated rings. The van der Waals surface area contributed by atoms with E-state index in [0.717, 1.165) is 39.8 Å². The fraction of sp³-hybridized carbons (Fsp3) is 0.0164. The summed E-state index contributed by atoms with van der Waals surface area (Å²) in [5.41, 5.74) is 43.2. The van der Waals surface area contributed by atoms with Crippen molar-refractivity contribution in [1.82, 2.24) is 4.57 Å². The van der Waals surface area contributed by atoms with Gasteiger partial charge in [-0.2, -0.15) is 0 Å². The summed E-state index contributed by atoms with van der Waals surface area (Å²) >= 11 is 0. The highest BCUT2D eigenvalue weighted by Gasteiger charge is 2.53. The van der Waals surface area contributed by atoms with Gasteiger partial charge in [-0.1, -0.05) is 382 Å². The van der Waals surface area contributed by atoms with Gasteiger partial charge in [0, 0.05) is 50.6 Å². The molecule has 4 nitrogen and oxygen atoms in total. The topological polar surface area (TPSA) is 14.7 Å². The molecule has 1 aromatic heterocycles. The van der Waals surface area contributed by atoms with Crippen LogP contribution in [0.2, 0.25) is 0 Å². The van der Waals surface area contributed by atoms with Crippen molar-refractivity contribution in [2.45, 2.75) is 10.8 Å². The van der Waals surface area contributed by atoms with E-state index in [1.807, 2.05) is 0 Å². The smallest absolute Gasteiger partial charge is 0.0754 e. The number of hydrogen-bond acceptors (Lipinski definition) is 3. The molecule has 2 spiro atoms. The maximum Gasteiger partial charge on any atom is 0.0754 e. The third-order valence-electron chi connectivity index (χ3n) is 26.7. The fourth-order valence-corrected chi connectivity index (χ4v) is 21.2. The Labute approximate surface area is 734 Å². The first-order valence-electron chi connectivity index (χ1n) is 43.6. The van der Waals surface area contributed by atoms with Crippen LogP contribution in [0.15, 0.2) is 497 Å². The summed E-state index contributed by atoms with van der Waals surface area (Å²) in [6.07, 6.45) is 0. The van der Waals surface area contributed by atoms with Crippen molar-refractivity contribution < 1.29 is 0 Å². The van der Waals surface area contributed by atoms with Crippen LogP contribution in [0.3, 0.4) is 0 Å². The molecule has 4 heteroatoms. The van der Waals surface area contributed by atoms with Gasteiger partial charge in [0.2, 0.25) is 0 Å². The highest BCUT2D eigenvalue weighted by atomic mass is 15.2. The normalized spacial score (nSPS) is 13.6. The number of hydrogen-bond donors (Lipinski definition) is 0. The Morgan fingerprint density at radius 1 is 0.175 bits per heavy atom. The highest BCUT2D eigenvalue weighted by Crippen LogP contribution is 2.66. The minimum atomic E-state index is -0.505. The molecular weight excluding hydrogens is 1520 g/mol. The Kier molecular flexibility index (Phi) is 17.7. The second-order valence-corrected chi connectivity index (χ2v) is 33.3. The van der Waals surface area contributed by atoms with E-state index < -0.39 is 10.8 Å². The Morgan fingerprint density at radius 3 is 0.952 bits per heavy atom. The number of aromatic nitrogens is 1. The second-order valence-electron chi connectivity index (χ2n) is 33.3. The van der Waals surface area contributed by atoms with E-state index in [0.29, 0.717) is 0 Å². The molecule has 0 saturated carbocycles. The van der Waals surface area contributed by atoms with Gasteiger partial charge in [0.15, 0.2) is 0 Å². The van der Waals surface area contributed by atoms with Crippen molar-refractivity contribution in [1.29, 1.82) is 0 Å². The predicted molar refractivity (Wildman–Crippen MR) is 526 cm³/mol. The van der Waals surface area contributed by atoms with E-state index in [-0.39, 0.29) is 0 Å². The van der Waals surface area contributed by atoms with E-state index in [2.05, 4.69) is 517 Å². The average molecular weight is 1600 g/mol. The summed E-state index contributed by atoms with van der Waals surface area (Å²) in [5, 5.41) is 2.59. The van der Waals surface area contributed by atoms with E-state index in [1.165, 1.54) is 172 Å². The molecule has 1 atom stereocenters. The number of para-hydroxylation sites is 6. The van der Waals surface area contributed by atoms with Gasteiger partial charge in [-0.15, -0.1) is 0 Å². The second kappa shape index (κ2) is 30.3. The SMILES string of the molecule is c1ccc(-c2ccc(N(c3ccc(-c4ccccc4)cc3)c3ccc(-c4ccc5c(c4)-c4ccccc4C54c5ccccc5-n5c6ccccc6c6cccc4c65)cc3)cc2)cc1.c1ccc(-c2ccc(N(c3ccc(-c4ccccc4)cc3)c3ccc(-c4cccc5c4-c4ccccc4C54c5ccccc5N(c5ccccc5)c5ccccc54)cc3)cc2)cc1. The first kappa shape index (κ1) is 73.5. The van der Waals surface area contributed by atoms with Crippen molar-refractivity contribution in [3.8, 4) is 94.7 Å². The van der Waals surface area contributed by atoms with Gasteiger partial charge >= 0.3 is 0 Å². The third-order valence-corrected chi connectivity index (χ3v) is 26.7. The summed E-state index contributed by atoms with van der Waals surface area (Å²) in [6, 6.07) is 182. The van der Waals surface area contributed by atoms with Crippen LogP contribution >= 0.6 is 0 Å². The lowest BCUT2D eigenvalue weighted by molar-refractivity contribution is 0.748. The fourth-order valence-electron chi connectivity index (χ4n) is 21.2. The van der Waals surface area contributed by atoms with Gasteiger partial charge < -0.3 is 19.3 Å². The third kappa shape index (κ3) is 11.7. The average Bonchev–Trinajstić information content (AvgIpc) is 1.51. The first-order valence-corrected chi connectivity index (χ1v) is 43.6. The van der Waals surface area contributed by atoms with Gasteiger partial charge in [0.1, 0.15) is 0 Å². The maximum absolute atomic E-state index is 2.51. The standard InChI is InChI=1S/C61H40N2.C61H42N2/c1-3-14-41(15-4-1)43-26-33-47(34-27-43)62(48-35-28-44(29-36-48)42-16-5-2-6-17-42)49-37-30-45(31-38-49)46-32-39-55-53(40-46)50-18-7-9-21-54(50)61(55)56-22-10-12-25-59(56)63-58-24-11-8-19-51(58)52-20-13-23-57(61)60(52)63;1-4-17-43(18-5-1)45-31-37-49(38-32-45)62(50-39-33-46(34-40-50)44-19-6-2-7-20-44)51-41-35-47(36-42-51)52-24-16-28-57-60(52)53-23-10-11-25-54(53)61(57)55-26-12-14-29-58(55)63(48-21-8-3-9-22-48)59-30-15-13-27-56(59)61/h1-40H;1-42H. The van der Waals surface area contributed by atoms with Gasteiger partial charge in [-0.25, -0.2) is 0 Å². The van der Waals surface area contributed by atoms with E-state index >= 15 is 0 Å². The molecule has 25 rings (SSSR count). The number of nitrogens with zero attached hydrogens (tertiary/aromatic N) is 4. The molecule has 590 valence electrons. The van der Waals surface area contributed by atoms with Gasteiger partial charge in [-0.3, -0.25) is 0 Å². The summed E-state index contributed by atoms with van der Waals surface area (Å²) in [7, 11) is 0. The lowest BCUT2D eigenvalue weighted by Gasteiger charge is -2.45. The lowest BCUT2D eigenvalue weighted by Crippen LogP contribution is -2.36. The predicted octanol–water partition coefficient (Wildman–Crippen LogP) is 32.2. The lowest BCUT2D eigenvalue weighted by atomic mass is 9.64. The Bertz CT molecular complexity index is 7490. The molecule has 126 heavy (non-hydrogen) atoms. The molecule has 1 unspecified atom stereocenters. The number of rotatable bonds is 13. The molecule has 21 aromatic rings. The Morgan fingerprint density at radius 2 is 0.476 bits per heavy atom. The molecule has 0 saturated heterocycles. The van der Waals surface area contributed by atoms with Crippen LogP contribution in [0, 0.1) is 0 Å². The highest BCUT2D eigenvalue weighted by molar-refractivity contribution is 6.13. The summed E-state index contributed by atoms with van der Waals surface area (Å²) in [6.45, 7) is 0. The minimum absolute atomic E-state index is 0.457. The van der Waals surface area contributed by atoms with Crippen LogP contribution in [0.4, 0.5) is 51.2 Å². The molecule has 0 N–H and O–H groups in total. The zero-order chi connectivity index (χ0) is 83.2. The molecule has 2 aliphatic carbocycles. The molecule has 0 bridgehead atoms. The number of benzene rings is 20. The Hall–Kier alpha value is -16.4. The van der Waals surface area contributed by atoms with Gasteiger partial charge in [0.25, 0.3) is 0 Å². The zero-order valence-electron chi connectivity index (χ0n) is 69.1. The molecular formula is C122H82N4. The van der Waals surface area contributed by atoms with Crippen molar-refractivity contribution in [3.63, 3.8) is 0 Å². The van der Waals surface area contributed by atoms with Crippen LogP contribution in [0.25, 0.3) is 117 Å². The van der Waals surface area contributed by atoms with Crippen molar-refractivity contribution >= 4 is 73.0 Å². The van der Waals surface area contributed by atoms with Crippen LogP contribution in [0.5, 0.6) is 0 Å².